The van der Waals surface area contributed by atoms with Crippen LogP contribution in [0.2, 0.25) is 0 Å². The van der Waals surface area contributed by atoms with Crippen LogP contribution in [0.25, 0.3) is 11.5 Å². The fourth-order valence-corrected chi connectivity index (χ4v) is 3.00. The van der Waals surface area contributed by atoms with Gasteiger partial charge >= 0.3 is 0 Å². The second-order valence-electron chi connectivity index (χ2n) is 6.30. The predicted molar refractivity (Wildman–Crippen MR) is 116 cm³/mol. The Hall–Kier alpha value is -3.60. The van der Waals surface area contributed by atoms with E-state index in [9.17, 15) is 13.2 Å². The van der Waals surface area contributed by atoms with Gasteiger partial charge in [-0.1, -0.05) is 6.07 Å². The zero-order valence-corrected chi connectivity index (χ0v) is 18.6. The molecule has 0 spiro atoms. The molecular weight excluding hydrogens is 422 g/mol. The molecule has 2 aromatic heterocycles. The number of para-hydroxylation sites is 1. The molecule has 0 amide bonds. The first-order valence-corrected chi connectivity index (χ1v) is 10.9. The Morgan fingerprint density at radius 1 is 1.29 bits per heavy atom. The number of oxazole rings is 1. The number of carbonyl (C=O) groups is 1. The van der Waals surface area contributed by atoms with Crippen molar-refractivity contribution in [3.05, 3.63) is 42.0 Å². The molecule has 2 heterocycles. The highest BCUT2D eigenvalue weighted by molar-refractivity contribution is 7.90. The van der Waals surface area contributed by atoms with Crippen molar-refractivity contribution in [3.63, 3.8) is 0 Å². The van der Waals surface area contributed by atoms with Crippen molar-refractivity contribution in [1.82, 2.24) is 15.0 Å². The van der Waals surface area contributed by atoms with E-state index in [-0.39, 0.29) is 16.7 Å². The van der Waals surface area contributed by atoms with Gasteiger partial charge in [0.15, 0.2) is 26.4 Å². The smallest absolute Gasteiger partial charge is 0.231 e. The minimum atomic E-state index is -3.50. The highest BCUT2D eigenvalue weighted by atomic mass is 32.2. The van der Waals surface area contributed by atoms with Gasteiger partial charge in [0.25, 0.3) is 0 Å². The number of aromatic nitrogens is 3. The summed E-state index contributed by atoms with van der Waals surface area (Å²) in [5.41, 5.74) is 1.27. The lowest BCUT2D eigenvalue weighted by Crippen LogP contribution is -2.06. The van der Waals surface area contributed by atoms with E-state index in [0.29, 0.717) is 34.2 Å². The summed E-state index contributed by atoms with van der Waals surface area (Å²) in [4.78, 5) is 24.2. The van der Waals surface area contributed by atoms with E-state index in [1.165, 1.54) is 26.4 Å². The summed E-state index contributed by atoms with van der Waals surface area (Å²) < 4.78 is 34.1. The van der Waals surface area contributed by atoms with Gasteiger partial charge in [-0.3, -0.25) is 4.79 Å². The van der Waals surface area contributed by atoms with E-state index < -0.39 is 9.84 Å². The van der Waals surface area contributed by atoms with Crippen LogP contribution in [-0.2, 0) is 9.84 Å². The lowest BCUT2D eigenvalue weighted by atomic mass is 10.1. The number of carbonyl (C=O) groups excluding carboxylic acids is 1. The molecule has 0 saturated carbocycles. The number of anilines is 2. The average Bonchev–Trinajstić information content (AvgIpc) is 3.19. The number of hydrogen-bond donors (Lipinski definition) is 2. The van der Waals surface area contributed by atoms with Crippen LogP contribution in [-0.4, -0.2) is 48.7 Å². The topological polar surface area (TPSA) is 148 Å². The normalized spacial score (nSPS) is 10.6. The number of nitrogens with zero attached hydrogens (tertiary/aromatic N) is 3. The molecule has 2 N–H and O–H groups in total. The third-order valence-corrected chi connectivity index (χ3v) is 4.80. The number of methoxy groups -OCH3 is 1. The molecule has 0 fully saturated rings. The van der Waals surface area contributed by atoms with Gasteiger partial charge in [0.05, 0.1) is 23.9 Å². The third kappa shape index (κ3) is 5.72. The largest absolute Gasteiger partial charge is 0.494 e. The van der Waals surface area contributed by atoms with Crippen LogP contribution in [0.4, 0.5) is 11.5 Å². The summed E-state index contributed by atoms with van der Waals surface area (Å²) >= 11 is 0. The van der Waals surface area contributed by atoms with E-state index in [1.807, 2.05) is 0 Å². The number of hydrogen-bond acceptors (Lipinski definition) is 10. The first-order chi connectivity index (χ1) is 14.6. The molecule has 0 unspecified atom stereocenters. The average molecular weight is 446 g/mol. The highest BCUT2D eigenvalue weighted by Gasteiger charge is 2.20. The second kappa shape index (κ2) is 9.94. The van der Waals surface area contributed by atoms with E-state index >= 15 is 0 Å². The van der Waals surface area contributed by atoms with Crippen LogP contribution in [0.5, 0.6) is 5.75 Å². The Bertz CT molecular complexity index is 1200. The van der Waals surface area contributed by atoms with Crippen LogP contribution in [0.15, 0.2) is 40.1 Å². The Labute approximate surface area is 180 Å². The molecule has 0 bridgehead atoms. The molecule has 3 aromatic rings. The molecule has 0 aliphatic heterocycles. The molecule has 0 saturated heterocycles. The van der Waals surface area contributed by atoms with Crippen LogP contribution >= 0.6 is 0 Å². The Morgan fingerprint density at radius 3 is 2.52 bits per heavy atom. The number of Topliss-reactive ketones (excluding diaryl/α,β-unsaturated/α-hetero) is 1. The van der Waals surface area contributed by atoms with Crippen LogP contribution < -0.4 is 10.1 Å². The van der Waals surface area contributed by atoms with Crippen molar-refractivity contribution < 1.29 is 22.4 Å². The zero-order valence-electron chi connectivity index (χ0n) is 17.8. The molecule has 31 heavy (non-hydrogen) atoms. The van der Waals surface area contributed by atoms with Crippen molar-refractivity contribution in [2.75, 3.05) is 18.7 Å². The maximum absolute atomic E-state index is 11.9. The maximum Gasteiger partial charge on any atom is 0.231 e. The monoisotopic (exact) mass is 445 g/mol. The second-order valence-corrected chi connectivity index (χ2v) is 8.26. The van der Waals surface area contributed by atoms with Crippen molar-refractivity contribution in [1.29, 1.82) is 5.41 Å². The lowest BCUT2D eigenvalue weighted by Gasteiger charge is -2.14. The van der Waals surface area contributed by atoms with Crippen molar-refractivity contribution in [3.8, 4) is 17.2 Å². The molecule has 0 aliphatic carbocycles. The van der Waals surface area contributed by atoms with Gasteiger partial charge in [0, 0.05) is 12.5 Å². The van der Waals surface area contributed by atoms with Gasteiger partial charge in [0.1, 0.15) is 17.9 Å². The summed E-state index contributed by atoms with van der Waals surface area (Å²) in [6.45, 7) is 4.80. The van der Waals surface area contributed by atoms with Crippen molar-refractivity contribution in [2.24, 2.45) is 0 Å². The molecule has 3 rings (SSSR count). The number of ether oxygens (including phenoxy) is 1. The highest BCUT2D eigenvalue weighted by Crippen LogP contribution is 2.38. The Morgan fingerprint density at radius 2 is 1.97 bits per heavy atom. The predicted octanol–water partition coefficient (Wildman–Crippen LogP) is 3.45. The summed E-state index contributed by atoms with van der Waals surface area (Å²) in [5, 5.41) is 8.99. The summed E-state index contributed by atoms with van der Waals surface area (Å²) in [7, 11) is -2.04. The minimum absolute atomic E-state index is 0.0894. The summed E-state index contributed by atoms with van der Waals surface area (Å²) in [6.07, 6.45) is 4.83. The number of ketones is 1. The van der Waals surface area contributed by atoms with Gasteiger partial charge in [0.2, 0.25) is 5.89 Å². The van der Waals surface area contributed by atoms with Gasteiger partial charge < -0.3 is 19.9 Å². The first-order valence-electron chi connectivity index (χ1n) is 9.02. The summed E-state index contributed by atoms with van der Waals surface area (Å²) in [6, 6.07) is 5.12. The van der Waals surface area contributed by atoms with Gasteiger partial charge in [-0.05, 0) is 39.1 Å². The van der Waals surface area contributed by atoms with Gasteiger partial charge in [-0.15, -0.1) is 0 Å². The number of sulfone groups is 1. The molecule has 0 aliphatic rings. The number of nitrogens with one attached hydrogen (secondary N) is 2. The molecule has 0 atom stereocenters. The number of aryl methyl sites for hydroxylation is 1. The van der Waals surface area contributed by atoms with E-state index in [1.54, 1.807) is 32.0 Å². The van der Waals surface area contributed by atoms with Crippen LogP contribution in [0.3, 0.4) is 0 Å². The Balaban J connectivity index is 0.00000107. The fourth-order valence-electron chi connectivity index (χ4n) is 2.53. The summed E-state index contributed by atoms with van der Waals surface area (Å²) in [5.74, 6) is 1.08. The van der Waals surface area contributed by atoms with E-state index in [2.05, 4.69) is 20.3 Å². The van der Waals surface area contributed by atoms with Crippen molar-refractivity contribution in [2.45, 2.75) is 25.8 Å². The van der Waals surface area contributed by atoms with Gasteiger partial charge in [-0.25, -0.2) is 18.4 Å². The number of rotatable bonds is 6. The minimum Gasteiger partial charge on any atom is -0.494 e. The van der Waals surface area contributed by atoms with Crippen LogP contribution in [0, 0.1) is 12.3 Å². The maximum atomic E-state index is 11.9. The fraction of sp³-hybridized carbons (Fsp3) is 0.250. The molecular formula is C20H23N5O5S. The van der Waals surface area contributed by atoms with Crippen molar-refractivity contribution >= 4 is 33.3 Å². The molecule has 164 valence electrons. The van der Waals surface area contributed by atoms with E-state index in [4.69, 9.17) is 14.6 Å². The van der Waals surface area contributed by atoms with E-state index in [0.717, 1.165) is 12.5 Å². The number of benzene rings is 1. The molecule has 11 heteroatoms. The molecule has 10 nitrogen and oxygen atoms in total. The standard InChI is InChI=1S/C18H18N4O5S.C2H5N/c1-10(23)13-8-19-11(2)20-17(13)21-14-7-5-6-12(16(14)26-3)18-22-15(9-27-18)28(4,24)25;1-2-3/h5-9H,1-4H3,(H,19,20,21);2-3H,1H3. The first kappa shape index (κ1) is 23.7. The SMILES string of the molecule is CC=N.COc1c(Nc2nc(C)ncc2C(C)=O)cccc1-c1nc(S(C)(=O)=O)co1. The Kier molecular flexibility index (Phi) is 7.59. The quantitative estimate of drug-likeness (QED) is 0.430. The third-order valence-electron chi connectivity index (χ3n) is 3.85. The lowest BCUT2D eigenvalue weighted by molar-refractivity contribution is 0.101. The molecule has 1 aromatic carbocycles. The zero-order chi connectivity index (χ0) is 23.2. The van der Waals surface area contributed by atoms with Gasteiger partial charge in [-0.2, -0.15) is 4.98 Å². The van der Waals surface area contributed by atoms with Crippen LogP contribution in [0.1, 0.15) is 30.0 Å². The molecule has 0 radical (unpaired) electrons.